The number of aliphatic carboxylic acids is 1. The number of rotatable bonds is 4. The molecule has 2 aromatic heterocycles. The second kappa shape index (κ2) is 6.38. The van der Waals surface area contributed by atoms with Crippen molar-refractivity contribution >= 4 is 39.9 Å². The van der Waals surface area contributed by atoms with Gasteiger partial charge < -0.3 is 15.5 Å². The lowest BCUT2D eigenvalue weighted by atomic mass is 10.2. The van der Waals surface area contributed by atoms with Crippen LogP contribution in [0.2, 0.25) is 5.02 Å². The van der Waals surface area contributed by atoms with Crippen LogP contribution in [0.3, 0.4) is 0 Å². The molecule has 1 aromatic carbocycles. The highest BCUT2D eigenvalue weighted by Gasteiger charge is 2.25. The zero-order valence-electron chi connectivity index (χ0n) is 14.0. The molecule has 2 heterocycles. The van der Waals surface area contributed by atoms with Crippen LogP contribution in [0.4, 0.5) is 0 Å². The Bertz CT molecular complexity index is 1110. The fourth-order valence-electron chi connectivity index (χ4n) is 2.91. The molecule has 0 radical (unpaired) electrons. The molecule has 0 saturated carbocycles. The van der Waals surface area contributed by atoms with E-state index in [2.05, 4.69) is 5.32 Å². The van der Waals surface area contributed by atoms with E-state index in [1.54, 1.807) is 38.1 Å². The summed E-state index contributed by atoms with van der Waals surface area (Å²) in [5.74, 6) is -2.72. The standard InChI is InChI=1S/C17H16ClN3O5/c1-8(2)20-17(26)14(16(25)19-7-13(22)23)15(24)12-5-9-3-4-10(18)6-11(9)21(12)20/h3-6,8,24H,7H2,1-2H3,(H,19,25)(H,22,23). The third-order valence-corrected chi connectivity index (χ3v) is 4.21. The number of nitrogens with zero attached hydrogens (tertiary/aromatic N) is 2. The number of benzene rings is 1. The van der Waals surface area contributed by atoms with Gasteiger partial charge in [-0.15, -0.1) is 0 Å². The van der Waals surface area contributed by atoms with E-state index >= 15 is 0 Å². The second-order valence-electron chi connectivity index (χ2n) is 6.09. The molecule has 1 amide bonds. The predicted octanol–water partition coefficient (Wildman–Crippen LogP) is 2.01. The van der Waals surface area contributed by atoms with E-state index in [9.17, 15) is 19.5 Å². The summed E-state index contributed by atoms with van der Waals surface area (Å²) < 4.78 is 2.83. The number of aromatic nitrogens is 2. The average Bonchev–Trinajstić information content (AvgIpc) is 2.91. The predicted molar refractivity (Wildman–Crippen MR) is 96.2 cm³/mol. The van der Waals surface area contributed by atoms with Gasteiger partial charge in [0, 0.05) is 16.5 Å². The molecule has 0 spiro atoms. The van der Waals surface area contributed by atoms with Gasteiger partial charge in [-0.3, -0.25) is 14.4 Å². The van der Waals surface area contributed by atoms with E-state index in [-0.39, 0.29) is 11.6 Å². The summed E-state index contributed by atoms with van der Waals surface area (Å²) in [6, 6.07) is 6.37. The summed E-state index contributed by atoms with van der Waals surface area (Å²) in [5.41, 5.74) is -0.381. The molecule has 8 nitrogen and oxygen atoms in total. The zero-order valence-corrected chi connectivity index (χ0v) is 14.7. The van der Waals surface area contributed by atoms with Crippen LogP contribution in [0.15, 0.2) is 29.1 Å². The summed E-state index contributed by atoms with van der Waals surface area (Å²) in [7, 11) is 0. The van der Waals surface area contributed by atoms with Gasteiger partial charge in [0.15, 0.2) is 5.75 Å². The summed E-state index contributed by atoms with van der Waals surface area (Å²) in [5, 5.41) is 22.6. The zero-order chi connectivity index (χ0) is 19.2. The lowest BCUT2D eigenvalue weighted by Gasteiger charge is -2.17. The number of carboxylic acid groups (broad SMARTS) is 1. The number of carboxylic acids is 1. The van der Waals surface area contributed by atoms with Gasteiger partial charge in [-0.05, 0) is 32.0 Å². The molecule has 9 heteroatoms. The minimum absolute atomic E-state index is 0.246. The van der Waals surface area contributed by atoms with Crippen LogP contribution in [0, 0.1) is 0 Å². The highest BCUT2D eigenvalue weighted by molar-refractivity contribution is 6.31. The number of carbonyl (C=O) groups is 2. The summed E-state index contributed by atoms with van der Waals surface area (Å²) in [6.45, 7) is 2.85. The molecule has 0 fully saturated rings. The van der Waals surface area contributed by atoms with Crippen molar-refractivity contribution in [2.75, 3.05) is 6.54 Å². The lowest BCUT2D eigenvalue weighted by Crippen LogP contribution is -2.38. The molecule has 3 N–H and O–H groups in total. The van der Waals surface area contributed by atoms with Crippen LogP contribution in [0.5, 0.6) is 5.75 Å². The highest BCUT2D eigenvalue weighted by Crippen LogP contribution is 2.30. The Balaban J connectivity index is 2.39. The third kappa shape index (κ3) is 2.78. The highest BCUT2D eigenvalue weighted by atomic mass is 35.5. The first kappa shape index (κ1) is 17.8. The Hall–Kier alpha value is -3.00. The average molecular weight is 378 g/mol. The summed E-state index contributed by atoms with van der Waals surface area (Å²) in [4.78, 5) is 35.9. The van der Waals surface area contributed by atoms with Crippen LogP contribution < -0.4 is 10.9 Å². The molecule has 0 aliphatic rings. The number of halogens is 1. The first-order chi connectivity index (χ1) is 12.2. The van der Waals surface area contributed by atoms with Gasteiger partial charge in [0.05, 0.1) is 5.52 Å². The molecule has 0 aliphatic heterocycles. The molecule has 0 unspecified atom stereocenters. The van der Waals surface area contributed by atoms with E-state index in [0.717, 1.165) is 5.39 Å². The second-order valence-corrected chi connectivity index (χ2v) is 6.52. The Morgan fingerprint density at radius 2 is 1.92 bits per heavy atom. The molecule has 0 saturated heterocycles. The van der Waals surface area contributed by atoms with Crippen LogP contribution in [0.1, 0.15) is 30.2 Å². The van der Waals surface area contributed by atoms with Crippen molar-refractivity contribution < 1.29 is 19.8 Å². The van der Waals surface area contributed by atoms with Crippen LogP contribution >= 0.6 is 11.6 Å². The van der Waals surface area contributed by atoms with E-state index in [1.165, 1.54) is 9.20 Å². The number of fused-ring (bicyclic) bond motifs is 3. The molecular formula is C17H16ClN3O5. The normalized spacial score (nSPS) is 11.4. The molecule has 3 rings (SSSR count). The van der Waals surface area contributed by atoms with Gasteiger partial charge in [-0.2, -0.15) is 0 Å². The number of amides is 1. The Morgan fingerprint density at radius 3 is 2.54 bits per heavy atom. The largest absolute Gasteiger partial charge is 0.505 e. The SMILES string of the molecule is CC(C)n1c(=O)c(C(=O)NCC(=O)O)c(O)c2cc3ccc(Cl)cc3n21. The maximum atomic E-state index is 12.9. The first-order valence-electron chi connectivity index (χ1n) is 7.80. The number of carbonyl (C=O) groups excluding carboxylic acids is 1. The topological polar surface area (TPSA) is 113 Å². The van der Waals surface area contributed by atoms with Crippen molar-refractivity contribution in [3.8, 4) is 5.75 Å². The molecular weight excluding hydrogens is 362 g/mol. The van der Waals surface area contributed by atoms with Crippen molar-refractivity contribution in [1.29, 1.82) is 0 Å². The van der Waals surface area contributed by atoms with E-state index in [4.69, 9.17) is 16.7 Å². The van der Waals surface area contributed by atoms with E-state index < -0.39 is 35.3 Å². The van der Waals surface area contributed by atoms with Crippen molar-refractivity contribution in [2.24, 2.45) is 0 Å². The minimum atomic E-state index is -1.26. The molecule has 136 valence electrons. The molecule has 26 heavy (non-hydrogen) atoms. The summed E-state index contributed by atoms with van der Waals surface area (Å²) in [6.07, 6.45) is 0. The summed E-state index contributed by atoms with van der Waals surface area (Å²) >= 11 is 6.06. The molecule has 3 aromatic rings. The fraction of sp³-hybridized carbons (Fsp3) is 0.235. The van der Waals surface area contributed by atoms with Gasteiger partial charge in [0.2, 0.25) is 0 Å². The van der Waals surface area contributed by atoms with Gasteiger partial charge in [0.25, 0.3) is 11.5 Å². The van der Waals surface area contributed by atoms with Crippen molar-refractivity contribution in [3.63, 3.8) is 0 Å². The Kier molecular flexibility index (Phi) is 4.37. The molecule has 0 atom stereocenters. The van der Waals surface area contributed by atoms with Crippen LogP contribution in [-0.2, 0) is 4.79 Å². The fourth-order valence-corrected chi connectivity index (χ4v) is 3.08. The number of hydrogen-bond donors (Lipinski definition) is 3. The number of hydrogen-bond acceptors (Lipinski definition) is 4. The number of nitrogens with one attached hydrogen (secondary N) is 1. The Morgan fingerprint density at radius 1 is 1.23 bits per heavy atom. The van der Waals surface area contributed by atoms with E-state index in [0.29, 0.717) is 10.5 Å². The molecule has 0 bridgehead atoms. The maximum Gasteiger partial charge on any atom is 0.322 e. The van der Waals surface area contributed by atoms with Crippen molar-refractivity contribution in [3.05, 3.63) is 45.2 Å². The quantitative estimate of drug-likeness (QED) is 0.643. The van der Waals surface area contributed by atoms with Crippen LogP contribution in [-0.4, -0.2) is 37.8 Å². The monoisotopic (exact) mass is 377 g/mol. The Labute approximate surface area is 152 Å². The van der Waals surface area contributed by atoms with Crippen molar-refractivity contribution in [1.82, 2.24) is 14.5 Å². The van der Waals surface area contributed by atoms with Gasteiger partial charge in [-0.1, -0.05) is 17.7 Å². The van der Waals surface area contributed by atoms with Gasteiger partial charge in [0.1, 0.15) is 17.6 Å². The van der Waals surface area contributed by atoms with E-state index in [1.807, 2.05) is 0 Å². The molecule has 0 aliphatic carbocycles. The maximum absolute atomic E-state index is 12.9. The van der Waals surface area contributed by atoms with Gasteiger partial charge in [-0.25, -0.2) is 9.20 Å². The lowest BCUT2D eigenvalue weighted by molar-refractivity contribution is -0.135. The van der Waals surface area contributed by atoms with Gasteiger partial charge >= 0.3 is 5.97 Å². The number of aromatic hydroxyl groups is 1. The van der Waals surface area contributed by atoms with Crippen molar-refractivity contribution in [2.45, 2.75) is 19.9 Å². The third-order valence-electron chi connectivity index (χ3n) is 3.97. The first-order valence-corrected chi connectivity index (χ1v) is 8.18. The smallest absolute Gasteiger partial charge is 0.322 e. The minimum Gasteiger partial charge on any atom is -0.505 e. The van der Waals surface area contributed by atoms with Crippen LogP contribution in [0.25, 0.3) is 16.4 Å².